The van der Waals surface area contributed by atoms with E-state index in [2.05, 4.69) is 56.4 Å². The molecule has 24 heteroatoms. The molecule has 3 aromatic heterocycles. The van der Waals surface area contributed by atoms with E-state index in [1.54, 1.807) is 0 Å². The molecule has 0 radical (unpaired) electrons. The number of guanidine groups is 1. The van der Waals surface area contributed by atoms with E-state index < -0.39 is 0 Å². The third-order valence-corrected chi connectivity index (χ3v) is 11.2. The summed E-state index contributed by atoms with van der Waals surface area (Å²) >= 11 is 0. The van der Waals surface area contributed by atoms with Crippen molar-refractivity contribution in [2.24, 2.45) is 83.2 Å². The van der Waals surface area contributed by atoms with Crippen molar-refractivity contribution in [2.45, 2.75) is 7.43 Å². The van der Waals surface area contributed by atoms with E-state index >= 15 is 0 Å². The maximum absolute atomic E-state index is 5.68. The molecule has 9 rings (SSSR count). The zero-order valence-corrected chi connectivity index (χ0v) is 47.4. The van der Waals surface area contributed by atoms with E-state index in [1.165, 1.54) is 0 Å². The van der Waals surface area contributed by atoms with Crippen LogP contribution < -0.4 is 82.8 Å². The van der Waals surface area contributed by atoms with Gasteiger partial charge < -0.3 is 64.2 Å². The lowest BCUT2D eigenvalue weighted by Gasteiger charge is -2.11. The van der Waals surface area contributed by atoms with Crippen molar-refractivity contribution in [3.63, 3.8) is 0 Å². The molecule has 1 aliphatic heterocycles. The van der Waals surface area contributed by atoms with Crippen molar-refractivity contribution < 1.29 is 60.4 Å². The van der Waals surface area contributed by atoms with Gasteiger partial charge in [-0.15, -0.1) is 0 Å². The molecule has 0 saturated heterocycles. The van der Waals surface area contributed by atoms with Crippen LogP contribution in [0.15, 0.2) is 212 Å². The van der Waals surface area contributed by atoms with Gasteiger partial charge in [0, 0.05) is 70.6 Å². The van der Waals surface area contributed by atoms with Crippen LogP contribution in [0.4, 0.5) is 74.7 Å². The van der Waals surface area contributed by atoms with Gasteiger partial charge in [0.05, 0.1) is 93.6 Å². The van der Waals surface area contributed by atoms with Crippen LogP contribution in [-0.2, 0) is 42.3 Å². The molecule has 0 spiro atoms. The zero-order valence-electron chi connectivity index (χ0n) is 45.1. The predicted molar refractivity (Wildman–Crippen MR) is 299 cm³/mol. The minimum Gasteiger partial charge on any atom is -1.00 e. The normalized spacial score (nSPS) is 12.3. The summed E-state index contributed by atoms with van der Waals surface area (Å²) in [6, 6.07) is 38.5. The number of azo groups is 4. The van der Waals surface area contributed by atoms with Gasteiger partial charge in [0.1, 0.15) is 40.3 Å². The van der Waals surface area contributed by atoms with Gasteiger partial charge in [-0.1, -0.05) is 22.8 Å². The Hall–Kier alpha value is -8.63. The number of imidazole rings is 3. The molecular formula is C54H72Cl3N21+2. The number of aromatic nitrogens is 6. The lowest BCUT2D eigenvalue weighted by molar-refractivity contribution is -0.735. The number of hydrogen-bond acceptors (Lipinski definition) is 13. The molecular weight excluding hydrogens is 1050 g/mol. The number of benzene rings is 5. The van der Waals surface area contributed by atoms with Gasteiger partial charge in [0.2, 0.25) is 0 Å². The van der Waals surface area contributed by atoms with Gasteiger partial charge in [-0.3, -0.25) is 0 Å². The summed E-state index contributed by atoms with van der Waals surface area (Å²) in [6.07, 6.45) is 15.6. The molecule has 8 aromatic rings. The van der Waals surface area contributed by atoms with Crippen LogP contribution in [0, 0.1) is 0 Å². The van der Waals surface area contributed by atoms with Gasteiger partial charge in [0.15, 0.2) is 0 Å². The molecule has 0 fully saturated rings. The van der Waals surface area contributed by atoms with Crippen LogP contribution in [0.5, 0.6) is 0 Å². The van der Waals surface area contributed by atoms with Crippen LogP contribution in [0.3, 0.4) is 0 Å². The summed E-state index contributed by atoms with van der Waals surface area (Å²) in [5, 5.41) is 40.2. The molecule has 412 valence electrons. The molecule has 0 aliphatic carbocycles. The Labute approximate surface area is 476 Å². The number of rotatable bonds is 11. The molecule has 5 aromatic carbocycles. The number of hydrogen-bond donors (Lipinski definition) is 5. The Kier molecular flexibility index (Phi) is 26.9. The van der Waals surface area contributed by atoms with Crippen molar-refractivity contribution in [3.8, 4) is 0 Å². The molecule has 4 heterocycles. The topological polar surface area (TPSA) is 212 Å². The number of quaternary nitrogens is 1. The van der Waals surface area contributed by atoms with Crippen molar-refractivity contribution in [1.82, 2.24) is 13.7 Å². The minimum atomic E-state index is 0. The van der Waals surface area contributed by atoms with Crippen LogP contribution in [-0.4, -0.2) is 59.5 Å². The molecule has 1 aliphatic rings. The van der Waals surface area contributed by atoms with E-state index in [4.69, 9.17) is 11.5 Å². The highest BCUT2D eigenvalue weighted by atomic mass is 35.5. The minimum absolute atomic E-state index is 0. The third kappa shape index (κ3) is 19.5. The zero-order chi connectivity index (χ0) is 53.1. The van der Waals surface area contributed by atoms with E-state index in [9.17, 15) is 0 Å². The number of nitrogens with two attached hydrogens (primary N) is 2. The van der Waals surface area contributed by atoms with E-state index in [0.717, 1.165) is 85.6 Å². The molecule has 21 nitrogen and oxygen atoms in total. The largest absolute Gasteiger partial charge is 1.00 e. The lowest BCUT2D eigenvalue weighted by atomic mass is 10.2. The highest BCUT2D eigenvalue weighted by molar-refractivity contribution is 5.68. The lowest BCUT2D eigenvalue weighted by Crippen LogP contribution is -3.06. The fraction of sp³-hybridized carbons (Fsp3) is 0.222. The predicted octanol–water partition coefficient (Wildman–Crippen LogP) is 0.227. The summed E-state index contributed by atoms with van der Waals surface area (Å²) in [7, 11) is 21.5. The van der Waals surface area contributed by atoms with E-state index in [-0.39, 0.29) is 44.6 Å². The Morgan fingerprint density at radius 2 is 0.795 bits per heavy atom. The van der Waals surface area contributed by atoms with Gasteiger partial charge in [-0.05, 0) is 126 Å². The number of nitrogen functional groups attached to an aromatic ring is 2. The van der Waals surface area contributed by atoms with Gasteiger partial charge in [0.25, 0.3) is 0 Å². The highest BCUT2D eigenvalue weighted by Gasteiger charge is 2.26. The molecule has 7 N–H and O–H groups in total. The summed E-state index contributed by atoms with van der Waals surface area (Å²) in [5.41, 5.74) is 20.2. The van der Waals surface area contributed by atoms with E-state index in [0.29, 0.717) is 0 Å². The summed E-state index contributed by atoms with van der Waals surface area (Å²) in [4.78, 5) is 3.17. The van der Waals surface area contributed by atoms with Crippen molar-refractivity contribution in [1.29, 1.82) is 0 Å². The van der Waals surface area contributed by atoms with Crippen molar-refractivity contribution in [2.75, 3.05) is 62.2 Å². The maximum Gasteiger partial charge on any atom is 0.524 e. The first kappa shape index (κ1) is 65.5. The molecule has 1 unspecified atom stereocenters. The second-order valence-corrected chi connectivity index (χ2v) is 17.3. The molecule has 0 saturated carbocycles. The van der Waals surface area contributed by atoms with E-state index in [1.807, 2.05) is 280 Å². The average molecular weight is 1120 g/mol. The number of halogens is 3. The Morgan fingerprint density at radius 1 is 0.474 bits per heavy atom. The first-order chi connectivity index (χ1) is 35.6. The summed E-state index contributed by atoms with van der Waals surface area (Å²) < 4.78 is 13.5. The third-order valence-electron chi connectivity index (χ3n) is 11.2. The summed E-state index contributed by atoms with van der Waals surface area (Å²) in [6.45, 7) is 0. The number of aryl methyl sites for hydroxylation is 6. The van der Waals surface area contributed by atoms with Crippen LogP contribution in [0.25, 0.3) is 0 Å². The number of nitrogens with one attached hydrogen (secondary N) is 3. The van der Waals surface area contributed by atoms with Crippen LogP contribution in [0.2, 0.25) is 0 Å². The highest BCUT2D eigenvalue weighted by Crippen LogP contribution is 2.24. The molecule has 0 bridgehead atoms. The second kappa shape index (κ2) is 32.1. The van der Waals surface area contributed by atoms with Gasteiger partial charge in [-0.25, -0.2) is 27.4 Å². The Balaban J connectivity index is 0.000000353. The molecule has 1 atom stereocenters. The first-order valence-electron chi connectivity index (χ1n) is 23.5. The van der Waals surface area contributed by atoms with Crippen LogP contribution >= 0.6 is 0 Å². The fourth-order valence-corrected chi connectivity index (χ4v) is 6.78. The molecule has 0 amide bonds. The van der Waals surface area contributed by atoms with Crippen LogP contribution in [0.1, 0.15) is 7.43 Å². The quantitative estimate of drug-likeness (QED) is 0.0698. The number of anilines is 6. The fourth-order valence-electron chi connectivity index (χ4n) is 6.78. The standard InChI is InChI=1S/C17H18N6.C13H18N5.C12H15N5.C11H13N5.CH4.3ClH/c1-22-11-12-23(2)17(22)21-20-16-9-7-15(8-10-16)19-14-5-3-13(18)4-6-14;1-16(2)12-7-5-11(6-8-12)14-15-13-17(3)9-10-18(13)4;1-13-10-4-6-11(7-5-10)14-15-12-16(2)8-9-17(12)3;1-15-7-8-16(2)11(15)14-13-10-5-3-9(12)4-6-10;;;;/h3-12H,1-2H3,(H2,18,20);5-10H,1-4H3;4-9H,1-3H3;3-8,12H,1-2H3;1H4;3*1H/q;+1;;;;;;/p+1. The smallest absolute Gasteiger partial charge is 0.524 e. The molecule has 78 heavy (non-hydrogen) atoms. The Bertz CT molecular complexity index is 3190. The Morgan fingerprint density at radius 3 is 1.12 bits per heavy atom. The SMILES string of the molecule is C.CN(C)c1ccc(N=Nc2n(C)cc[n+]2C)cc1.CNc1ccc(N=Nc2n(C)cc[n+]2C)cc1.C[N+]1=C(N=Nc2ccc(N)cc2)[NH+](C)C=C1.Cn1cc[n+](C)c1N=Nc1ccc(Nc2ccc(N)cc2)cc1.[Cl-].[Cl-].[Cl-]. The van der Waals surface area contributed by atoms with Gasteiger partial charge in [-0.2, -0.15) is 9.48 Å². The van der Waals surface area contributed by atoms with Crippen molar-refractivity contribution >= 4 is 80.7 Å². The number of nitrogens with zero attached hydrogens (tertiary/aromatic N) is 16. The average Bonchev–Trinajstić information content (AvgIpc) is 4.13. The second-order valence-electron chi connectivity index (χ2n) is 17.3. The van der Waals surface area contributed by atoms with Crippen molar-refractivity contribution in [3.05, 3.63) is 171 Å². The van der Waals surface area contributed by atoms with Gasteiger partial charge >= 0.3 is 23.8 Å². The first-order valence-corrected chi connectivity index (χ1v) is 23.5. The maximum atomic E-state index is 5.68. The summed E-state index contributed by atoms with van der Waals surface area (Å²) in [5.74, 6) is 3.28. The monoisotopic (exact) mass is 1120 g/mol.